The van der Waals surface area contributed by atoms with Crippen molar-refractivity contribution in [2.75, 3.05) is 13.2 Å². The monoisotopic (exact) mass is 979 g/mol. The molecule has 0 aliphatic carbocycles. The van der Waals surface area contributed by atoms with Crippen molar-refractivity contribution in [2.24, 2.45) is 5.11 Å². The van der Waals surface area contributed by atoms with E-state index in [-0.39, 0.29) is 30.9 Å². The molecule has 17 nitrogen and oxygen atoms in total. The van der Waals surface area contributed by atoms with Gasteiger partial charge in [-0.05, 0) is 63.3 Å². The lowest BCUT2D eigenvalue weighted by Gasteiger charge is -2.49. The van der Waals surface area contributed by atoms with E-state index in [2.05, 4.69) is 10.0 Å². The number of carbonyl (C=O) groups excluding carboxylic acids is 4. The molecule has 6 aromatic carbocycles. The maximum absolute atomic E-state index is 13.9. The average molecular weight is 980 g/mol. The van der Waals surface area contributed by atoms with Crippen LogP contribution >= 0.6 is 0 Å². The third-order valence-electron chi connectivity index (χ3n) is 11.9. The van der Waals surface area contributed by atoms with Crippen molar-refractivity contribution in [3.63, 3.8) is 0 Å². The Bertz CT molecular complexity index is 2780. The first-order valence-electron chi connectivity index (χ1n) is 23.3. The molecule has 0 saturated carbocycles. The Morgan fingerprint density at radius 2 is 1.01 bits per heavy atom. The van der Waals surface area contributed by atoms with Crippen LogP contribution < -0.4 is 0 Å². The minimum absolute atomic E-state index is 0.00797. The molecule has 2 aliphatic heterocycles. The second kappa shape index (κ2) is 25.1. The van der Waals surface area contributed by atoms with E-state index in [1.807, 2.05) is 103 Å². The van der Waals surface area contributed by atoms with Crippen LogP contribution in [0.5, 0.6) is 0 Å². The molecule has 10 atom stereocenters. The second-order valence-corrected chi connectivity index (χ2v) is 17.0. The van der Waals surface area contributed by atoms with E-state index in [1.54, 1.807) is 60.7 Å². The molecule has 0 N–H and O–H groups in total. The van der Waals surface area contributed by atoms with Crippen LogP contribution in [0.15, 0.2) is 169 Å². The molecule has 2 heterocycles. The fourth-order valence-electron chi connectivity index (χ4n) is 8.45. The molecule has 0 bridgehead atoms. The van der Waals surface area contributed by atoms with E-state index in [4.69, 9.17) is 47.4 Å². The predicted molar refractivity (Wildman–Crippen MR) is 258 cm³/mol. The number of azide groups is 1. The van der Waals surface area contributed by atoms with Crippen LogP contribution in [0.25, 0.3) is 21.2 Å². The van der Waals surface area contributed by atoms with Crippen LogP contribution in [0.3, 0.4) is 0 Å². The molecule has 72 heavy (non-hydrogen) atoms. The Labute approximate surface area is 415 Å². The van der Waals surface area contributed by atoms with Gasteiger partial charge in [0.25, 0.3) is 0 Å². The molecule has 0 amide bonds. The van der Waals surface area contributed by atoms with Crippen molar-refractivity contribution in [3.05, 3.63) is 202 Å². The molecular formula is C55H53N3O14. The quantitative estimate of drug-likeness (QED) is 0.0231. The predicted octanol–water partition coefficient (Wildman–Crippen LogP) is 8.62. The van der Waals surface area contributed by atoms with Crippen molar-refractivity contribution in [3.8, 4) is 0 Å². The van der Waals surface area contributed by atoms with Gasteiger partial charge in [0, 0.05) is 18.8 Å². The lowest BCUT2D eigenvalue weighted by Crippen LogP contribution is -2.66. The van der Waals surface area contributed by atoms with Crippen molar-refractivity contribution in [1.82, 2.24) is 0 Å². The van der Waals surface area contributed by atoms with E-state index in [0.717, 1.165) is 28.8 Å². The zero-order valence-corrected chi connectivity index (χ0v) is 39.5. The molecule has 6 aromatic rings. The van der Waals surface area contributed by atoms with Crippen molar-refractivity contribution < 1.29 is 66.5 Å². The van der Waals surface area contributed by atoms with Crippen LogP contribution in [0.4, 0.5) is 0 Å². The summed E-state index contributed by atoms with van der Waals surface area (Å²) >= 11 is 0. The number of fused-ring (bicyclic) bond motifs is 1. The standard InChI is InChI=1S/C55H53N3O14/c1-35(59)63-33-45-48(50(66-31-38-19-9-4-10-20-38)51(55(70-45)68-36(2)60)71-53(62)42-24-13-6-14-25-42)72-54-46(57-58-56)49(65-30-37-17-7-3-8-18-37)47(44(69-54)34-67-52(61)41-22-11-5-12-23-41)64-32-39-27-28-40-21-15-16-26-43(40)29-39/h3-29,44-51,54-55H,30-34H2,1-2H3/t44-,45+,46-,47-,48-,49-,50+,51-,54-,55?/m1/s1. The minimum atomic E-state index is -1.61. The van der Waals surface area contributed by atoms with E-state index >= 15 is 0 Å². The summed E-state index contributed by atoms with van der Waals surface area (Å²) in [5, 5.41) is 6.23. The lowest BCUT2D eigenvalue weighted by molar-refractivity contribution is -0.349. The minimum Gasteiger partial charge on any atom is -0.463 e. The van der Waals surface area contributed by atoms with Gasteiger partial charge in [0.2, 0.25) is 6.29 Å². The molecular weight excluding hydrogens is 927 g/mol. The number of benzene rings is 6. The third kappa shape index (κ3) is 13.5. The topological polar surface area (TPSA) is 209 Å². The number of nitrogens with zero attached hydrogens (tertiary/aromatic N) is 3. The van der Waals surface area contributed by atoms with Gasteiger partial charge in [0.15, 0.2) is 12.4 Å². The first-order chi connectivity index (χ1) is 35.1. The highest BCUT2D eigenvalue weighted by Crippen LogP contribution is 2.37. The molecule has 0 aromatic heterocycles. The Balaban J connectivity index is 1.20. The summed E-state index contributed by atoms with van der Waals surface area (Å²) in [6, 6.07) is 47.3. The highest BCUT2D eigenvalue weighted by Gasteiger charge is 2.55. The van der Waals surface area contributed by atoms with Gasteiger partial charge in [0.1, 0.15) is 55.9 Å². The highest BCUT2D eigenvalue weighted by atomic mass is 16.8. The summed E-state index contributed by atoms with van der Waals surface area (Å²) in [6.45, 7) is 1.42. The van der Waals surface area contributed by atoms with E-state index in [9.17, 15) is 24.7 Å². The van der Waals surface area contributed by atoms with E-state index in [0.29, 0.717) is 5.56 Å². The summed E-state index contributed by atoms with van der Waals surface area (Å²) in [7, 11) is 0. The molecule has 17 heteroatoms. The molecule has 8 rings (SSSR count). The van der Waals surface area contributed by atoms with Crippen molar-refractivity contribution in [2.45, 2.75) is 95.0 Å². The van der Waals surface area contributed by atoms with Crippen molar-refractivity contribution in [1.29, 1.82) is 0 Å². The zero-order valence-electron chi connectivity index (χ0n) is 39.5. The molecule has 0 spiro atoms. The first kappa shape index (κ1) is 50.9. The molecule has 2 fully saturated rings. The van der Waals surface area contributed by atoms with Gasteiger partial charge in [-0.15, -0.1) is 0 Å². The molecule has 372 valence electrons. The summed E-state index contributed by atoms with van der Waals surface area (Å²) < 4.78 is 63.4. The lowest BCUT2D eigenvalue weighted by atomic mass is 9.95. The molecule has 2 saturated heterocycles. The number of esters is 4. The Morgan fingerprint density at radius 3 is 1.62 bits per heavy atom. The summed E-state index contributed by atoms with van der Waals surface area (Å²) in [5.74, 6) is -2.93. The molecule has 0 radical (unpaired) electrons. The van der Waals surface area contributed by atoms with Crippen LogP contribution in [-0.2, 0) is 76.8 Å². The van der Waals surface area contributed by atoms with Gasteiger partial charge < -0.3 is 47.4 Å². The van der Waals surface area contributed by atoms with Gasteiger partial charge >= 0.3 is 23.9 Å². The van der Waals surface area contributed by atoms with Gasteiger partial charge in [-0.25, -0.2) is 9.59 Å². The Morgan fingerprint density at radius 1 is 0.500 bits per heavy atom. The van der Waals surface area contributed by atoms with Crippen LogP contribution in [0.2, 0.25) is 0 Å². The fourth-order valence-corrected chi connectivity index (χ4v) is 8.45. The fraction of sp³-hybridized carbons (Fsp3) is 0.309. The average Bonchev–Trinajstić information content (AvgIpc) is 3.40. The Kier molecular flexibility index (Phi) is 17.7. The van der Waals surface area contributed by atoms with Crippen LogP contribution in [-0.4, -0.2) is 98.4 Å². The molecule has 1 unspecified atom stereocenters. The van der Waals surface area contributed by atoms with Gasteiger partial charge in [-0.2, -0.15) is 0 Å². The normalized spacial score (nSPS) is 23.8. The SMILES string of the molecule is CC(=O)OC[C@@H]1OC(OC(C)=O)[C@H](OC(=O)c2ccccc2)[C@@H](OCc2ccccc2)[C@@H]1O[C@H]1O[C@H](COC(=O)c2ccccc2)[C@@H](OCc2ccc3ccccc3c2)[C@H](OCc2ccccc2)[C@H]1N=[N+]=[N-]. The van der Waals surface area contributed by atoms with Gasteiger partial charge in [-0.3, -0.25) is 9.59 Å². The summed E-state index contributed by atoms with van der Waals surface area (Å²) in [5.41, 5.74) is 13.0. The van der Waals surface area contributed by atoms with Crippen LogP contribution in [0.1, 0.15) is 51.3 Å². The van der Waals surface area contributed by atoms with Crippen molar-refractivity contribution >= 4 is 34.6 Å². The smallest absolute Gasteiger partial charge is 0.338 e. The third-order valence-corrected chi connectivity index (χ3v) is 11.9. The highest BCUT2D eigenvalue weighted by molar-refractivity contribution is 5.90. The number of rotatable bonds is 20. The number of carbonyl (C=O) groups is 4. The van der Waals surface area contributed by atoms with Gasteiger partial charge in [0.05, 0.1) is 30.9 Å². The van der Waals surface area contributed by atoms with Crippen LogP contribution in [0, 0.1) is 0 Å². The summed E-state index contributed by atoms with van der Waals surface area (Å²) in [6.07, 6.45) is -12.3. The summed E-state index contributed by atoms with van der Waals surface area (Å²) in [4.78, 5) is 55.9. The molecule has 2 aliphatic rings. The number of hydrogen-bond donors (Lipinski definition) is 0. The first-order valence-corrected chi connectivity index (χ1v) is 23.3. The number of ether oxygens (including phenoxy) is 10. The largest absolute Gasteiger partial charge is 0.463 e. The van der Waals surface area contributed by atoms with E-state index < -0.39 is 98.4 Å². The Hall–Kier alpha value is -7.47. The van der Waals surface area contributed by atoms with E-state index in [1.165, 1.54) is 6.92 Å². The van der Waals surface area contributed by atoms with Gasteiger partial charge in [-0.1, -0.05) is 139 Å². The zero-order chi connectivity index (χ0) is 50.2. The maximum atomic E-state index is 13.9. The second-order valence-electron chi connectivity index (χ2n) is 17.0. The number of hydrogen-bond acceptors (Lipinski definition) is 15. The maximum Gasteiger partial charge on any atom is 0.338 e.